The summed E-state index contributed by atoms with van der Waals surface area (Å²) in [6, 6.07) is 28.6. The van der Waals surface area contributed by atoms with E-state index in [4.69, 9.17) is 4.74 Å². The van der Waals surface area contributed by atoms with E-state index >= 15 is 0 Å². The lowest BCUT2D eigenvalue weighted by atomic mass is 10.1. The fraction of sp³-hybridized carbons (Fsp3) is 0.0968. The zero-order chi connectivity index (χ0) is 26.5. The Balaban J connectivity index is 1.43. The van der Waals surface area contributed by atoms with Gasteiger partial charge in [0, 0.05) is 17.0 Å². The Labute approximate surface area is 224 Å². The molecule has 5 rings (SSSR count). The molecule has 190 valence electrons. The summed E-state index contributed by atoms with van der Waals surface area (Å²) in [6.07, 6.45) is 1.86. The van der Waals surface area contributed by atoms with Crippen molar-refractivity contribution < 1.29 is 18.7 Å². The van der Waals surface area contributed by atoms with Crippen molar-refractivity contribution in [3.8, 4) is 5.75 Å². The second kappa shape index (κ2) is 11.4. The molecule has 4 aromatic rings. The molecule has 1 aliphatic heterocycles. The number of benzene rings is 4. The third-order valence-electron chi connectivity index (χ3n) is 6.15. The summed E-state index contributed by atoms with van der Waals surface area (Å²) >= 11 is 1.38. The second-order valence-electron chi connectivity index (χ2n) is 8.75. The van der Waals surface area contributed by atoms with Gasteiger partial charge in [-0.1, -0.05) is 66.4 Å². The molecule has 0 atom stereocenters. The number of carbonyl (C=O) groups is 2. The molecular weight excluding hydrogens is 499 g/mol. The van der Waals surface area contributed by atoms with Crippen molar-refractivity contribution >= 4 is 35.3 Å². The molecule has 0 saturated heterocycles. The third-order valence-corrected chi connectivity index (χ3v) is 7.23. The molecule has 1 aliphatic rings. The van der Waals surface area contributed by atoms with Crippen molar-refractivity contribution in [3.05, 3.63) is 130 Å². The molecule has 0 aliphatic carbocycles. The predicted molar refractivity (Wildman–Crippen MR) is 148 cm³/mol. The summed E-state index contributed by atoms with van der Waals surface area (Å²) < 4.78 is 18.7. The highest BCUT2D eigenvalue weighted by molar-refractivity contribution is 8.04. The van der Waals surface area contributed by atoms with Crippen molar-refractivity contribution in [1.29, 1.82) is 0 Å². The van der Waals surface area contributed by atoms with Crippen LogP contribution in [0.25, 0.3) is 6.08 Å². The van der Waals surface area contributed by atoms with Crippen LogP contribution in [0, 0.1) is 5.82 Å². The Morgan fingerprint density at radius 1 is 0.947 bits per heavy atom. The lowest BCUT2D eigenvalue weighted by Crippen LogP contribution is -2.34. The SMILES string of the molecule is COc1ccc(CNC(=O)c2ccc3c(c2)N(Cc2ccc(F)cc2)C(=O)C(=Cc2ccccc2)S3)cc1. The minimum atomic E-state index is -0.338. The minimum absolute atomic E-state index is 0.175. The Hall–Kier alpha value is -4.36. The molecule has 0 aromatic heterocycles. The van der Waals surface area contributed by atoms with Crippen LogP contribution in [0.3, 0.4) is 0 Å². The summed E-state index contributed by atoms with van der Waals surface area (Å²) in [5.41, 5.74) is 3.74. The van der Waals surface area contributed by atoms with Gasteiger partial charge in [-0.05, 0) is 65.2 Å². The summed E-state index contributed by atoms with van der Waals surface area (Å²) in [6.45, 7) is 0.604. The smallest absolute Gasteiger partial charge is 0.265 e. The largest absolute Gasteiger partial charge is 0.497 e. The molecular formula is C31H25FN2O3S. The number of nitrogens with one attached hydrogen (secondary N) is 1. The lowest BCUT2D eigenvalue weighted by molar-refractivity contribution is -0.114. The van der Waals surface area contributed by atoms with Gasteiger partial charge in [0.1, 0.15) is 11.6 Å². The van der Waals surface area contributed by atoms with Crippen LogP contribution in [0.5, 0.6) is 5.75 Å². The number of ether oxygens (including phenoxy) is 1. The number of methoxy groups -OCH3 is 1. The van der Waals surface area contributed by atoms with Crippen molar-refractivity contribution in [1.82, 2.24) is 5.32 Å². The van der Waals surface area contributed by atoms with E-state index in [0.29, 0.717) is 22.7 Å². The van der Waals surface area contributed by atoms with Crippen molar-refractivity contribution in [3.63, 3.8) is 0 Å². The molecule has 0 fully saturated rings. The van der Waals surface area contributed by atoms with Crippen molar-refractivity contribution in [2.45, 2.75) is 18.0 Å². The number of thioether (sulfide) groups is 1. The highest BCUT2D eigenvalue weighted by atomic mass is 32.2. The Morgan fingerprint density at radius 2 is 1.66 bits per heavy atom. The Bertz CT molecular complexity index is 1490. The molecule has 4 aromatic carbocycles. The van der Waals surface area contributed by atoms with E-state index in [-0.39, 0.29) is 24.2 Å². The van der Waals surface area contributed by atoms with Gasteiger partial charge in [-0.3, -0.25) is 9.59 Å². The van der Waals surface area contributed by atoms with Crippen molar-refractivity contribution in [2.75, 3.05) is 12.0 Å². The fourth-order valence-corrected chi connectivity index (χ4v) is 5.15. The van der Waals surface area contributed by atoms with E-state index in [1.165, 1.54) is 23.9 Å². The van der Waals surface area contributed by atoms with E-state index in [9.17, 15) is 14.0 Å². The number of hydrogen-bond donors (Lipinski definition) is 1. The van der Waals surface area contributed by atoms with Crippen LogP contribution < -0.4 is 15.0 Å². The molecule has 0 unspecified atom stereocenters. The van der Waals surface area contributed by atoms with Gasteiger partial charge in [0.05, 0.1) is 24.2 Å². The molecule has 1 heterocycles. The number of nitrogens with zero attached hydrogens (tertiary/aromatic N) is 1. The molecule has 5 nitrogen and oxygen atoms in total. The van der Waals surface area contributed by atoms with Gasteiger partial charge in [0.25, 0.3) is 11.8 Å². The van der Waals surface area contributed by atoms with Crippen LogP contribution in [0.2, 0.25) is 0 Å². The maximum atomic E-state index is 13.7. The monoisotopic (exact) mass is 524 g/mol. The summed E-state index contributed by atoms with van der Waals surface area (Å²) in [5, 5.41) is 2.94. The average Bonchev–Trinajstić information content (AvgIpc) is 2.95. The number of carbonyl (C=O) groups excluding carboxylic acids is 2. The van der Waals surface area contributed by atoms with Crippen LogP contribution >= 0.6 is 11.8 Å². The molecule has 2 amide bonds. The third kappa shape index (κ3) is 5.79. The average molecular weight is 525 g/mol. The quantitative estimate of drug-likeness (QED) is 0.283. The zero-order valence-electron chi connectivity index (χ0n) is 20.7. The topological polar surface area (TPSA) is 58.6 Å². The second-order valence-corrected chi connectivity index (χ2v) is 9.84. The fourth-order valence-electron chi connectivity index (χ4n) is 4.11. The standard InChI is InChI=1S/C31H25FN2O3S/c1-37-26-14-9-22(10-15-26)19-33-30(35)24-11-16-28-27(18-24)34(20-23-7-12-25(32)13-8-23)31(36)29(38-28)17-21-5-3-2-4-6-21/h2-18H,19-20H2,1H3,(H,33,35). The number of amides is 2. The minimum Gasteiger partial charge on any atom is -0.497 e. The van der Waals surface area contributed by atoms with Crippen molar-refractivity contribution in [2.24, 2.45) is 0 Å². The van der Waals surface area contributed by atoms with E-state index in [1.807, 2.05) is 66.7 Å². The lowest BCUT2D eigenvalue weighted by Gasteiger charge is -2.31. The van der Waals surface area contributed by atoms with Crippen LogP contribution in [-0.4, -0.2) is 18.9 Å². The van der Waals surface area contributed by atoms with E-state index in [0.717, 1.165) is 27.3 Å². The highest BCUT2D eigenvalue weighted by Gasteiger charge is 2.30. The molecule has 1 N–H and O–H groups in total. The van der Waals surface area contributed by atoms with Gasteiger partial charge in [0.15, 0.2) is 0 Å². The summed E-state index contributed by atoms with van der Waals surface area (Å²) in [7, 11) is 1.61. The number of hydrogen-bond acceptors (Lipinski definition) is 4. The van der Waals surface area contributed by atoms with Gasteiger partial charge < -0.3 is 15.0 Å². The van der Waals surface area contributed by atoms with Crippen LogP contribution in [0.15, 0.2) is 107 Å². The van der Waals surface area contributed by atoms with Gasteiger partial charge >= 0.3 is 0 Å². The van der Waals surface area contributed by atoms with Gasteiger partial charge in [-0.15, -0.1) is 0 Å². The van der Waals surface area contributed by atoms with Crippen LogP contribution in [0.4, 0.5) is 10.1 Å². The maximum Gasteiger partial charge on any atom is 0.265 e. The van der Waals surface area contributed by atoms with Crippen LogP contribution in [-0.2, 0) is 17.9 Å². The molecule has 0 spiro atoms. The highest BCUT2D eigenvalue weighted by Crippen LogP contribution is 2.43. The summed E-state index contributed by atoms with van der Waals surface area (Å²) in [4.78, 5) is 29.8. The first-order valence-electron chi connectivity index (χ1n) is 12.1. The van der Waals surface area contributed by atoms with Gasteiger partial charge in [-0.25, -0.2) is 4.39 Å². The first-order chi connectivity index (χ1) is 18.5. The molecule has 7 heteroatoms. The van der Waals surface area contributed by atoms with Gasteiger partial charge in [0.2, 0.25) is 0 Å². The van der Waals surface area contributed by atoms with E-state index < -0.39 is 0 Å². The molecule has 38 heavy (non-hydrogen) atoms. The molecule has 0 radical (unpaired) electrons. The van der Waals surface area contributed by atoms with Gasteiger partial charge in [-0.2, -0.15) is 0 Å². The normalized spacial score (nSPS) is 13.8. The Morgan fingerprint density at radius 3 is 2.37 bits per heavy atom. The summed E-state index contributed by atoms with van der Waals surface area (Å²) in [5.74, 6) is -0.00564. The molecule has 0 bridgehead atoms. The van der Waals surface area contributed by atoms with E-state index in [1.54, 1.807) is 36.3 Å². The molecule has 0 saturated carbocycles. The zero-order valence-corrected chi connectivity index (χ0v) is 21.5. The predicted octanol–water partition coefficient (Wildman–Crippen LogP) is 6.44. The number of halogens is 1. The number of anilines is 1. The van der Waals surface area contributed by atoms with E-state index in [2.05, 4.69) is 5.32 Å². The number of fused-ring (bicyclic) bond motifs is 1. The number of rotatable bonds is 7. The first-order valence-corrected chi connectivity index (χ1v) is 12.9. The van der Waals surface area contributed by atoms with Crippen LogP contribution in [0.1, 0.15) is 27.0 Å². The maximum absolute atomic E-state index is 13.7. The first kappa shape index (κ1) is 25.3. The Kier molecular flexibility index (Phi) is 7.56.